The van der Waals surface area contributed by atoms with Crippen molar-refractivity contribution in [3.8, 4) is 0 Å². The van der Waals surface area contributed by atoms with Crippen LogP contribution in [0.15, 0.2) is 18.2 Å². The van der Waals surface area contributed by atoms with Crippen molar-refractivity contribution in [2.75, 3.05) is 7.11 Å². The van der Waals surface area contributed by atoms with Crippen LogP contribution in [-0.4, -0.2) is 24.6 Å². The first-order valence-electron chi connectivity index (χ1n) is 7.92. The highest BCUT2D eigenvalue weighted by Crippen LogP contribution is 2.33. The van der Waals surface area contributed by atoms with E-state index in [9.17, 15) is 9.59 Å². The number of nitrogens with one attached hydrogen (secondary N) is 1. The van der Waals surface area contributed by atoms with Gasteiger partial charge in [-0.25, -0.2) is 4.79 Å². The Balaban J connectivity index is 2.42. The fourth-order valence-electron chi connectivity index (χ4n) is 3.04. The minimum Gasteiger partial charge on any atom is -0.465 e. The van der Waals surface area contributed by atoms with Gasteiger partial charge in [-0.05, 0) is 42.5 Å². The highest BCUT2D eigenvalue weighted by molar-refractivity contribution is 6.45. The molecule has 0 radical (unpaired) electrons. The predicted molar refractivity (Wildman–Crippen MR) is 85.7 cm³/mol. The third-order valence-corrected chi connectivity index (χ3v) is 4.34. The van der Waals surface area contributed by atoms with Gasteiger partial charge in [-0.15, -0.1) is 0 Å². The Morgan fingerprint density at radius 1 is 1.14 bits per heavy atom. The molecule has 0 saturated heterocycles. The molecule has 1 aliphatic carbocycles. The van der Waals surface area contributed by atoms with Crippen LogP contribution in [0.25, 0.3) is 0 Å². The maximum Gasteiger partial charge on any atom is 0.337 e. The summed E-state index contributed by atoms with van der Waals surface area (Å²) in [5.41, 5.74) is 1.97. The zero-order valence-corrected chi connectivity index (χ0v) is 13.3. The molecule has 0 aromatic heterocycles. The van der Waals surface area contributed by atoms with E-state index in [0.717, 1.165) is 18.4 Å². The first kappa shape index (κ1) is 16.4. The number of benzene rings is 1. The van der Waals surface area contributed by atoms with Crippen LogP contribution in [0, 0.1) is 5.41 Å². The fraction of sp³-hybridized carbons (Fsp3) is 0.500. The van der Waals surface area contributed by atoms with E-state index in [4.69, 9.17) is 10.1 Å². The number of hydrogen-bond acceptors (Lipinski definition) is 4. The number of carbonyl (C=O) groups excluding carboxylic acids is 2. The summed E-state index contributed by atoms with van der Waals surface area (Å²) in [6.45, 7) is 1.74. The van der Waals surface area contributed by atoms with Crippen molar-refractivity contribution in [1.82, 2.24) is 0 Å². The van der Waals surface area contributed by atoms with E-state index in [2.05, 4.69) is 0 Å². The van der Waals surface area contributed by atoms with E-state index in [1.807, 2.05) is 12.1 Å². The standard InChI is InChI=1S/C18H23NO3/c1-3-16(20)17(19)14-9-13(12-7-5-4-6-8-12)10-15(11-14)18(21)22-2/h9-12,19H,3-8H2,1-2H3. The molecule has 4 nitrogen and oxygen atoms in total. The van der Waals surface area contributed by atoms with E-state index in [1.54, 1.807) is 13.0 Å². The Bertz CT molecular complexity index is 586. The maximum absolute atomic E-state index is 11.9. The van der Waals surface area contributed by atoms with Crippen molar-refractivity contribution >= 4 is 17.5 Å². The summed E-state index contributed by atoms with van der Waals surface area (Å²) in [5, 5.41) is 8.04. The highest BCUT2D eigenvalue weighted by Gasteiger charge is 2.20. The number of esters is 1. The van der Waals surface area contributed by atoms with Crippen molar-refractivity contribution in [3.05, 3.63) is 34.9 Å². The maximum atomic E-state index is 11.9. The van der Waals surface area contributed by atoms with Crippen LogP contribution < -0.4 is 0 Å². The largest absolute Gasteiger partial charge is 0.465 e. The van der Waals surface area contributed by atoms with Crippen molar-refractivity contribution in [2.24, 2.45) is 0 Å². The zero-order valence-electron chi connectivity index (χ0n) is 13.3. The summed E-state index contributed by atoms with van der Waals surface area (Å²) < 4.78 is 4.81. The molecule has 0 amide bonds. The number of hydrogen-bond donors (Lipinski definition) is 1. The van der Waals surface area contributed by atoms with Crippen molar-refractivity contribution in [1.29, 1.82) is 5.41 Å². The second-order valence-corrected chi connectivity index (χ2v) is 5.82. The SMILES string of the molecule is CCC(=O)C(=N)c1cc(C(=O)OC)cc(C2CCCCC2)c1. The molecule has 1 fully saturated rings. The van der Waals surface area contributed by atoms with Gasteiger partial charge in [0.15, 0.2) is 5.78 Å². The molecule has 1 saturated carbocycles. The van der Waals surface area contributed by atoms with Gasteiger partial charge >= 0.3 is 5.97 Å². The smallest absolute Gasteiger partial charge is 0.337 e. The molecule has 0 bridgehead atoms. The molecule has 1 N–H and O–H groups in total. The number of carbonyl (C=O) groups is 2. The first-order valence-corrected chi connectivity index (χ1v) is 7.92. The molecule has 0 unspecified atom stereocenters. The molecule has 1 aromatic rings. The third-order valence-electron chi connectivity index (χ3n) is 4.34. The fourth-order valence-corrected chi connectivity index (χ4v) is 3.04. The average Bonchev–Trinajstić information content (AvgIpc) is 2.59. The third kappa shape index (κ3) is 3.62. The molecule has 1 aliphatic rings. The molecule has 22 heavy (non-hydrogen) atoms. The van der Waals surface area contributed by atoms with Crippen LogP contribution in [0.4, 0.5) is 0 Å². The first-order chi connectivity index (χ1) is 10.6. The lowest BCUT2D eigenvalue weighted by molar-refractivity contribution is -0.112. The molecule has 0 atom stereocenters. The Morgan fingerprint density at radius 2 is 1.77 bits per heavy atom. The van der Waals surface area contributed by atoms with Gasteiger partial charge in [-0.3, -0.25) is 10.2 Å². The van der Waals surface area contributed by atoms with Gasteiger partial charge < -0.3 is 4.74 Å². The van der Waals surface area contributed by atoms with E-state index in [-0.39, 0.29) is 11.5 Å². The van der Waals surface area contributed by atoms with Gasteiger partial charge in [0.1, 0.15) is 5.71 Å². The molecular weight excluding hydrogens is 278 g/mol. The van der Waals surface area contributed by atoms with Gasteiger partial charge in [-0.1, -0.05) is 26.2 Å². The molecular formula is C18H23NO3. The van der Waals surface area contributed by atoms with Gasteiger partial charge in [0, 0.05) is 12.0 Å². The van der Waals surface area contributed by atoms with Crippen LogP contribution >= 0.6 is 0 Å². The monoisotopic (exact) mass is 301 g/mol. The van der Waals surface area contributed by atoms with E-state index >= 15 is 0 Å². The zero-order chi connectivity index (χ0) is 16.1. The minimum atomic E-state index is -0.421. The van der Waals surface area contributed by atoms with Crippen molar-refractivity contribution < 1.29 is 14.3 Å². The van der Waals surface area contributed by atoms with Crippen LogP contribution in [0.2, 0.25) is 0 Å². The van der Waals surface area contributed by atoms with Crippen molar-refractivity contribution in [2.45, 2.75) is 51.4 Å². The van der Waals surface area contributed by atoms with Crippen LogP contribution in [0.1, 0.15) is 72.9 Å². The van der Waals surface area contributed by atoms with Crippen molar-refractivity contribution in [3.63, 3.8) is 0 Å². The molecule has 4 heteroatoms. The molecule has 1 aromatic carbocycles. The summed E-state index contributed by atoms with van der Waals surface area (Å²) in [4.78, 5) is 23.7. The number of ketones is 1. The molecule has 0 spiro atoms. The predicted octanol–water partition coefficient (Wildman–Crippen LogP) is 3.87. The Hall–Kier alpha value is -1.97. The van der Waals surface area contributed by atoms with E-state index in [0.29, 0.717) is 23.5 Å². The van der Waals surface area contributed by atoms with Crippen LogP contribution in [0.5, 0.6) is 0 Å². The highest BCUT2D eigenvalue weighted by atomic mass is 16.5. The Morgan fingerprint density at radius 3 is 2.36 bits per heavy atom. The summed E-state index contributed by atoms with van der Waals surface area (Å²) in [5.74, 6) is -0.228. The van der Waals surface area contributed by atoms with Gasteiger partial charge in [-0.2, -0.15) is 0 Å². The van der Waals surface area contributed by atoms with Gasteiger partial charge in [0.25, 0.3) is 0 Å². The summed E-state index contributed by atoms with van der Waals surface area (Å²) in [6, 6.07) is 5.35. The van der Waals surface area contributed by atoms with E-state index < -0.39 is 5.97 Å². The van der Waals surface area contributed by atoms with Gasteiger partial charge in [0.2, 0.25) is 0 Å². The average molecular weight is 301 g/mol. The summed E-state index contributed by atoms with van der Waals surface area (Å²) in [6.07, 6.45) is 6.12. The molecule has 2 rings (SSSR count). The lowest BCUT2D eigenvalue weighted by atomic mass is 9.82. The van der Waals surface area contributed by atoms with Crippen LogP contribution in [0.3, 0.4) is 0 Å². The number of rotatable bonds is 5. The number of Topliss-reactive ketones (excluding diaryl/α,β-unsaturated/α-hetero) is 1. The summed E-state index contributed by atoms with van der Waals surface area (Å²) in [7, 11) is 1.35. The number of ether oxygens (including phenoxy) is 1. The lowest BCUT2D eigenvalue weighted by Crippen LogP contribution is -2.16. The topological polar surface area (TPSA) is 67.2 Å². The summed E-state index contributed by atoms with van der Waals surface area (Å²) >= 11 is 0. The second kappa shape index (κ2) is 7.34. The Kier molecular flexibility index (Phi) is 5.47. The molecule has 0 heterocycles. The molecule has 0 aliphatic heterocycles. The quantitative estimate of drug-likeness (QED) is 0.663. The molecule has 118 valence electrons. The number of methoxy groups -OCH3 is 1. The van der Waals surface area contributed by atoms with Gasteiger partial charge in [0.05, 0.1) is 12.7 Å². The van der Waals surface area contributed by atoms with Crippen LogP contribution in [-0.2, 0) is 9.53 Å². The lowest BCUT2D eigenvalue weighted by Gasteiger charge is -2.23. The minimum absolute atomic E-state index is 0.0229. The van der Waals surface area contributed by atoms with E-state index in [1.165, 1.54) is 26.4 Å². The second-order valence-electron chi connectivity index (χ2n) is 5.82. The normalized spacial score (nSPS) is 15.4. The Labute approximate surface area is 131 Å².